The fraction of sp³-hybridized carbons (Fsp3) is 0.333. The molecule has 2 nitrogen and oxygen atoms in total. The molecule has 21 heavy (non-hydrogen) atoms. The number of rotatable bonds is 4. The predicted molar refractivity (Wildman–Crippen MR) is 82.0 cm³/mol. The maximum absolute atomic E-state index is 13.7. The number of hydrogen-bond donors (Lipinski definition) is 1. The maximum Gasteiger partial charge on any atom is 0.126 e. The molecule has 0 aliphatic heterocycles. The Hall–Kier alpha value is -1.87. The highest BCUT2D eigenvalue weighted by Gasteiger charge is 2.26. The molecule has 0 saturated heterocycles. The molecule has 1 atom stereocenters. The zero-order valence-corrected chi connectivity index (χ0v) is 12.9. The Kier molecular flexibility index (Phi) is 4.33. The second-order valence-corrected chi connectivity index (χ2v) is 5.73. The molecule has 0 saturated carbocycles. The maximum atomic E-state index is 13.7. The summed E-state index contributed by atoms with van der Waals surface area (Å²) in [5.74, 6) is 0.437. The van der Waals surface area contributed by atoms with E-state index in [-0.39, 0.29) is 11.9 Å². The SMILES string of the molecule is Cc1ccc(C(C)(O)c2ccc(OC(C)C)cc2)cc1F. The van der Waals surface area contributed by atoms with Crippen molar-refractivity contribution in [2.45, 2.75) is 39.4 Å². The van der Waals surface area contributed by atoms with Crippen LogP contribution >= 0.6 is 0 Å². The molecule has 0 spiro atoms. The van der Waals surface area contributed by atoms with Crippen molar-refractivity contribution in [2.75, 3.05) is 0 Å². The summed E-state index contributed by atoms with van der Waals surface area (Å²) < 4.78 is 19.3. The molecule has 0 heterocycles. The molecule has 2 rings (SSSR count). The molecule has 0 fully saturated rings. The number of aliphatic hydroxyl groups is 1. The summed E-state index contributed by atoms with van der Waals surface area (Å²) in [6.07, 6.45) is 0.0996. The Morgan fingerprint density at radius 3 is 2.14 bits per heavy atom. The minimum atomic E-state index is -1.25. The van der Waals surface area contributed by atoms with Gasteiger partial charge in [0.05, 0.1) is 6.10 Å². The van der Waals surface area contributed by atoms with Gasteiger partial charge in [0.2, 0.25) is 0 Å². The minimum Gasteiger partial charge on any atom is -0.491 e. The molecule has 112 valence electrons. The van der Waals surface area contributed by atoms with Crippen LogP contribution in [0.25, 0.3) is 0 Å². The van der Waals surface area contributed by atoms with Crippen molar-refractivity contribution in [2.24, 2.45) is 0 Å². The first-order valence-corrected chi connectivity index (χ1v) is 7.07. The van der Waals surface area contributed by atoms with E-state index in [9.17, 15) is 9.50 Å². The normalized spacial score (nSPS) is 14.0. The van der Waals surface area contributed by atoms with Crippen molar-refractivity contribution in [1.29, 1.82) is 0 Å². The second kappa shape index (κ2) is 5.86. The van der Waals surface area contributed by atoms with Gasteiger partial charge in [-0.05, 0) is 62.6 Å². The third-order valence-electron chi connectivity index (χ3n) is 3.52. The van der Waals surface area contributed by atoms with Gasteiger partial charge in [0.15, 0.2) is 0 Å². The van der Waals surface area contributed by atoms with Gasteiger partial charge >= 0.3 is 0 Å². The van der Waals surface area contributed by atoms with Crippen LogP contribution in [0, 0.1) is 12.7 Å². The summed E-state index contributed by atoms with van der Waals surface area (Å²) in [7, 11) is 0. The fourth-order valence-corrected chi connectivity index (χ4v) is 2.19. The van der Waals surface area contributed by atoms with Crippen LogP contribution in [0.2, 0.25) is 0 Å². The highest BCUT2D eigenvalue weighted by Crippen LogP contribution is 2.31. The summed E-state index contributed by atoms with van der Waals surface area (Å²) >= 11 is 0. The molecule has 2 aromatic carbocycles. The standard InChI is InChI=1S/C18H21FO2/c1-12(2)21-16-9-7-14(8-10-16)18(4,20)15-6-5-13(3)17(19)11-15/h5-12,20H,1-4H3. The lowest BCUT2D eigenvalue weighted by Gasteiger charge is -2.25. The van der Waals surface area contributed by atoms with E-state index in [4.69, 9.17) is 4.74 Å². The predicted octanol–water partition coefficient (Wildman–Crippen LogP) is 4.18. The van der Waals surface area contributed by atoms with Gasteiger partial charge in [-0.2, -0.15) is 0 Å². The fourth-order valence-electron chi connectivity index (χ4n) is 2.19. The third kappa shape index (κ3) is 3.42. The Bertz CT molecular complexity index is 616. The average Bonchev–Trinajstić information content (AvgIpc) is 2.41. The highest BCUT2D eigenvalue weighted by molar-refractivity contribution is 5.39. The topological polar surface area (TPSA) is 29.5 Å². The van der Waals surface area contributed by atoms with E-state index in [0.29, 0.717) is 16.7 Å². The van der Waals surface area contributed by atoms with Crippen molar-refractivity contribution in [1.82, 2.24) is 0 Å². The molecule has 0 aliphatic rings. The summed E-state index contributed by atoms with van der Waals surface area (Å²) in [5, 5.41) is 10.7. The molecule has 1 unspecified atom stereocenters. The molecule has 0 radical (unpaired) electrons. The Labute approximate surface area is 125 Å². The lowest BCUT2D eigenvalue weighted by atomic mass is 9.88. The van der Waals surface area contributed by atoms with Gasteiger partial charge in [0, 0.05) is 0 Å². The molecular weight excluding hydrogens is 267 g/mol. The Morgan fingerprint density at radius 1 is 1.05 bits per heavy atom. The molecular formula is C18H21FO2. The van der Waals surface area contributed by atoms with Gasteiger partial charge < -0.3 is 9.84 Å². The van der Waals surface area contributed by atoms with Crippen LogP contribution in [-0.2, 0) is 5.60 Å². The number of aryl methyl sites for hydroxylation is 1. The third-order valence-corrected chi connectivity index (χ3v) is 3.52. The van der Waals surface area contributed by atoms with Crippen molar-refractivity contribution in [3.63, 3.8) is 0 Å². The van der Waals surface area contributed by atoms with Crippen molar-refractivity contribution in [3.05, 3.63) is 65.0 Å². The lowest BCUT2D eigenvalue weighted by molar-refractivity contribution is 0.102. The van der Waals surface area contributed by atoms with Crippen LogP contribution in [-0.4, -0.2) is 11.2 Å². The van der Waals surface area contributed by atoms with E-state index in [1.54, 1.807) is 38.1 Å². The number of hydrogen-bond acceptors (Lipinski definition) is 2. The summed E-state index contributed by atoms with van der Waals surface area (Å²) in [5.41, 5.74) is 0.547. The summed E-state index contributed by atoms with van der Waals surface area (Å²) in [6.45, 7) is 7.28. The van der Waals surface area contributed by atoms with Crippen LogP contribution < -0.4 is 4.74 Å². The first-order chi connectivity index (χ1) is 9.80. The molecule has 1 N–H and O–H groups in total. The van der Waals surface area contributed by atoms with E-state index in [2.05, 4.69) is 0 Å². The van der Waals surface area contributed by atoms with Crippen LogP contribution in [0.1, 0.15) is 37.5 Å². The molecule has 0 aliphatic carbocycles. The van der Waals surface area contributed by atoms with E-state index < -0.39 is 5.60 Å². The molecule has 0 aromatic heterocycles. The van der Waals surface area contributed by atoms with Crippen molar-refractivity contribution in [3.8, 4) is 5.75 Å². The second-order valence-electron chi connectivity index (χ2n) is 5.73. The number of ether oxygens (including phenoxy) is 1. The van der Waals surface area contributed by atoms with E-state index in [1.807, 2.05) is 26.0 Å². The van der Waals surface area contributed by atoms with Gasteiger partial charge in [0.1, 0.15) is 17.2 Å². The quantitative estimate of drug-likeness (QED) is 0.914. The Balaban J connectivity index is 2.32. The molecule has 0 bridgehead atoms. The monoisotopic (exact) mass is 288 g/mol. The van der Waals surface area contributed by atoms with Gasteiger partial charge in [-0.15, -0.1) is 0 Å². The van der Waals surface area contributed by atoms with Gasteiger partial charge in [0.25, 0.3) is 0 Å². The van der Waals surface area contributed by atoms with Crippen LogP contribution in [0.5, 0.6) is 5.75 Å². The van der Waals surface area contributed by atoms with Crippen LogP contribution in [0.3, 0.4) is 0 Å². The van der Waals surface area contributed by atoms with Gasteiger partial charge in [-0.25, -0.2) is 4.39 Å². The van der Waals surface area contributed by atoms with Gasteiger partial charge in [-0.3, -0.25) is 0 Å². The smallest absolute Gasteiger partial charge is 0.126 e. The zero-order chi connectivity index (χ0) is 15.6. The Morgan fingerprint density at radius 2 is 1.62 bits per heavy atom. The minimum absolute atomic E-state index is 0.0996. The largest absolute Gasteiger partial charge is 0.491 e. The zero-order valence-electron chi connectivity index (χ0n) is 12.9. The summed E-state index contributed by atoms with van der Waals surface area (Å²) in [4.78, 5) is 0. The van der Waals surface area contributed by atoms with E-state index >= 15 is 0 Å². The van der Waals surface area contributed by atoms with Crippen LogP contribution in [0.4, 0.5) is 4.39 Å². The highest BCUT2D eigenvalue weighted by atomic mass is 19.1. The lowest BCUT2D eigenvalue weighted by Crippen LogP contribution is -2.23. The first-order valence-electron chi connectivity index (χ1n) is 7.07. The number of benzene rings is 2. The summed E-state index contributed by atoms with van der Waals surface area (Å²) in [6, 6.07) is 12.0. The van der Waals surface area contributed by atoms with E-state index in [1.165, 1.54) is 6.07 Å². The molecule has 3 heteroatoms. The first kappa shape index (κ1) is 15.5. The van der Waals surface area contributed by atoms with E-state index in [0.717, 1.165) is 5.75 Å². The molecule has 0 amide bonds. The van der Waals surface area contributed by atoms with Crippen molar-refractivity contribution < 1.29 is 14.2 Å². The van der Waals surface area contributed by atoms with Crippen LogP contribution in [0.15, 0.2) is 42.5 Å². The number of halogens is 1. The molecule has 2 aromatic rings. The average molecular weight is 288 g/mol. The van der Waals surface area contributed by atoms with Gasteiger partial charge in [-0.1, -0.05) is 24.3 Å². The van der Waals surface area contributed by atoms with Crippen molar-refractivity contribution >= 4 is 0 Å².